The Balaban J connectivity index is 0.000000810. The minimum absolute atomic E-state index is 0. The minimum Gasteiger partial charge on any atom is -1.00 e. The summed E-state index contributed by atoms with van der Waals surface area (Å²) in [5.74, 6) is 0.889. The van der Waals surface area contributed by atoms with E-state index in [-0.39, 0.29) is 12.4 Å². The molecule has 1 heterocycles. The zero-order valence-corrected chi connectivity index (χ0v) is 6.80. The van der Waals surface area contributed by atoms with Gasteiger partial charge in [0.25, 0.3) is 0 Å². The second-order valence-electron chi connectivity index (χ2n) is 2.11. The standard InChI is InChI=1S/C7H10NO.ClH/c1-8(2)6-7-4-3-5-9-7;/h3-6H,1-2H3;1H/q+1;/p-1. The third-order valence-electron chi connectivity index (χ3n) is 0.929. The third kappa shape index (κ3) is 2.69. The molecule has 0 fully saturated rings. The molecule has 1 aromatic rings. The van der Waals surface area contributed by atoms with E-state index in [2.05, 4.69) is 0 Å². The topological polar surface area (TPSA) is 16.1 Å². The smallest absolute Gasteiger partial charge is 0.206 e. The van der Waals surface area contributed by atoms with Crippen LogP contribution >= 0.6 is 0 Å². The third-order valence-corrected chi connectivity index (χ3v) is 0.929. The van der Waals surface area contributed by atoms with Crippen LogP contribution in [-0.2, 0) is 0 Å². The molecule has 0 bridgehead atoms. The van der Waals surface area contributed by atoms with Gasteiger partial charge in [-0.05, 0) is 12.1 Å². The predicted octanol–water partition coefficient (Wildman–Crippen LogP) is -2.03. The molecule has 0 aliphatic heterocycles. The zero-order chi connectivity index (χ0) is 6.69. The van der Waals surface area contributed by atoms with Gasteiger partial charge in [0.05, 0.1) is 6.26 Å². The van der Waals surface area contributed by atoms with Crippen LogP contribution in [0.15, 0.2) is 22.8 Å². The number of hydrogen-bond donors (Lipinski definition) is 0. The summed E-state index contributed by atoms with van der Waals surface area (Å²) in [5.41, 5.74) is 0. The van der Waals surface area contributed by atoms with Gasteiger partial charge in [0.1, 0.15) is 14.1 Å². The summed E-state index contributed by atoms with van der Waals surface area (Å²) in [5, 5.41) is 0. The molecule has 0 saturated carbocycles. The lowest BCUT2D eigenvalue weighted by molar-refractivity contribution is -0.459. The van der Waals surface area contributed by atoms with Crippen LogP contribution in [0.5, 0.6) is 0 Å². The maximum atomic E-state index is 5.05. The highest BCUT2D eigenvalue weighted by atomic mass is 35.5. The number of rotatable bonds is 1. The van der Waals surface area contributed by atoms with Gasteiger partial charge in [0.2, 0.25) is 6.21 Å². The molecule has 0 aromatic carbocycles. The van der Waals surface area contributed by atoms with Crippen LogP contribution in [0.2, 0.25) is 0 Å². The molecule has 0 unspecified atom stereocenters. The summed E-state index contributed by atoms with van der Waals surface area (Å²) >= 11 is 0. The molecule has 0 aliphatic carbocycles. The van der Waals surface area contributed by atoms with E-state index in [4.69, 9.17) is 4.42 Å². The van der Waals surface area contributed by atoms with Gasteiger partial charge in [-0.25, -0.2) is 4.58 Å². The van der Waals surface area contributed by atoms with Crippen molar-refractivity contribution >= 4 is 6.21 Å². The molecule has 0 N–H and O–H groups in total. The van der Waals surface area contributed by atoms with Crippen molar-refractivity contribution in [2.24, 2.45) is 0 Å². The second kappa shape index (κ2) is 4.12. The highest BCUT2D eigenvalue weighted by molar-refractivity contribution is 5.70. The summed E-state index contributed by atoms with van der Waals surface area (Å²) in [6.45, 7) is 0. The van der Waals surface area contributed by atoms with Crippen molar-refractivity contribution in [2.45, 2.75) is 0 Å². The molecule has 0 aliphatic rings. The van der Waals surface area contributed by atoms with Crippen molar-refractivity contribution in [1.29, 1.82) is 0 Å². The molecule has 1 rings (SSSR count). The average Bonchev–Trinajstić information content (AvgIpc) is 2.15. The Labute approximate surface area is 66.6 Å². The lowest BCUT2D eigenvalue weighted by Gasteiger charge is -1.80. The Kier molecular flexibility index (Phi) is 3.81. The molecular formula is C7H10ClNO. The molecule has 0 spiro atoms. The maximum Gasteiger partial charge on any atom is 0.206 e. The van der Waals surface area contributed by atoms with Gasteiger partial charge in [-0.2, -0.15) is 0 Å². The van der Waals surface area contributed by atoms with Crippen molar-refractivity contribution in [1.82, 2.24) is 0 Å². The van der Waals surface area contributed by atoms with Gasteiger partial charge < -0.3 is 16.8 Å². The summed E-state index contributed by atoms with van der Waals surface area (Å²) < 4.78 is 6.99. The van der Waals surface area contributed by atoms with Crippen LogP contribution in [0, 0.1) is 0 Å². The van der Waals surface area contributed by atoms with E-state index in [0.29, 0.717) is 0 Å². The van der Waals surface area contributed by atoms with Crippen molar-refractivity contribution < 1.29 is 21.4 Å². The molecule has 3 heteroatoms. The van der Waals surface area contributed by atoms with E-state index in [1.807, 2.05) is 37.0 Å². The largest absolute Gasteiger partial charge is 1.00 e. The maximum absolute atomic E-state index is 5.05. The fraction of sp³-hybridized carbons (Fsp3) is 0.286. The van der Waals surface area contributed by atoms with Crippen molar-refractivity contribution in [3.05, 3.63) is 24.2 Å². The quantitative estimate of drug-likeness (QED) is 0.341. The van der Waals surface area contributed by atoms with Gasteiger partial charge in [-0.1, -0.05) is 0 Å². The van der Waals surface area contributed by atoms with E-state index >= 15 is 0 Å². The van der Waals surface area contributed by atoms with E-state index < -0.39 is 0 Å². The Morgan fingerprint density at radius 2 is 2.20 bits per heavy atom. The number of hydrogen-bond acceptors (Lipinski definition) is 1. The van der Waals surface area contributed by atoms with E-state index in [9.17, 15) is 0 Å². The van der Waals surface area contributed by atoms with Gasteiger partial charge in [0.15, 0.2) is 5.76 Å². The van der Waals surface area contributed by atoms with Crippen molar-refractivity contribution in [3.63, 3.8) is 0 Å². The van der Waals surface area contributed by atoms with E-state index in [1.165, 1.54) is 0 Å². The Morgan fingerprint density at radius 3 is 2.60 bits per heavy atom. The fourth-order valence-electron chi connectivity index (χ4n) is 0.619. The van der Waals surface area contributed by atoms with Crippen LogP contribution in [0.1, 0.15) is 5.76 Å². The molecule has 56 valence electrons. The first kappa shape index (κ1) is 9.24. The van der Waals surface area contributed by atoms with Crippen LogP contribution in [0.25, 0.3) is 0 Å². The minimum atomic E-state index is 0. The molecule has 1 aromatic heterocycles. The Morgan fingerprint density at radius 1 is 1.50 bits per heavy atom. The predicted molar refractivity (Wildman–Crippen MR) is 36.0 cm³/mol. The average molecular weight is 160 g/mol. The Bertz CT molecular complexity index is 199. The molecular weight excluding hydrogens is 150 g/mol. The summed E-state index contributed by atoms with van der Waals surface area (Å²) in [7, 11) is 3.92. The molecule has 2 nitrogen and oxygen atoms in total. The van der Waals surface area contributed by atoms with Gasteiger partial charge in [0, 0.05) is 0 Å². The summed E-state index contributed by atoms with van der Waals surface area (Å²) in [6.07, 6.45) is 3.58. The first-order valence-corrected chi connectivity index (χ1v) is 2.84. The molecule has 0 atom stereocenters. The summed E-state index contributed by atoms with van der Waals surface area (Å²) in [4.78, 5) is 0. The van der Waals surface area contributed by atoms with Crippen molar-refractivity contribution in [2.75, 3.05) is 14.1 Å². The van der Waals surface area contributed by atoms with Crippen LogP contribution < -0.4 is 12.4 Å². The Hall–Kier alpha value is -0.760. The highest BCUT2D eigenvalue weighted by Gasteiger charge is 1.91. The van der Waals surface area contributed by atoms with Gasteiger partial charge in [-0.3, -0.25) is 0 Å². The molecule has 0 saturated heterocycles. The number of halogens is 1. The normalized spacial score (nSPS) is 8.20. The highest BCUT2D eigenvalue weighted by Crippen LogP contribution is 1.93. The molecule has 0 radical (unpaired) electrons. The summed E-state index contributed by atoms with van der Waals surface area (Å²) in [6, 6.07) is 3.79. The monoisotopic (exact) mass is 159 g/mol. The lowest BCUT2D eigenvalue weighted by atomic mass is 10.5. The SMILES string of the molecule is C[N+](C)=Cc1ccco1.[Cl-]. The first-order chi connectivity index (χ1) is 4.29. The lowest BCUT2D eigenvalue weighted by Crippen LogP contribution is -3.00. The van der Waals surface area contributed by atoms with Gasteiger partial charge in [-0.15, -0.1) is 0 Å². The number of nitrogens with zero attached hydrogens (tertiary/aromatic N) is 1. The van der Waals surface area contributed by atoms with Crippen molar-refractivity contribution in [3.8, 4) is 0 Å². The van der Waals surface area contributed by atoms with Crippen LogP contribution in [0.4, 0.5) is 0 Å². The first-order valence-electron chi connectivity index (χ1n) is 2.84. The molecule has 10 heavy (non-hydrogen) atoms. The van der Waals surface area contributed by atoms with E-state index in [0.717, 1.165) is 5.76 Å². The molecule has 0 amide bonds. The van der Waals surface area contributed by atoms with Crippen LogP contribution in [-0.4, -0.2) is 24.9 Å². The second-order valence-corrected chi connectivity index (χ2v) is 2.11. The van der Waals surface area contributed by atoms with Gasteiger partial charge >= 0.3 is 0 Å². The fourth-order valence-corrected chi connectivity index (χ4v) is 0.619. The zero-order valence-electron chi connectivity index (χ0n) is 6.04. The van der Waals surface area contributed by atoms with E-state index in [1.54, 1.807) is 6.26 Å². The number of furan rings is 1. The van der Waals surface area contributed by atoms with Crippen LogP contribution in [0.3, 0.4) is 0 Å².